The molecule has 0 saturated carbocycles. The Hall–Kier alpha value is -1.06. The maximum atomic E-state index is 11.7. The Balaban J connectivity index is 2.90. The molecule has 0 aromatic heterocycles. The molecule has 1 rings (SSSR count). The van der Waals surface area contributed by atoms with E-state index in [9.17, 15) is 10.0 Å². The summed E-state index contributed by atoms with van der Waals surface area (Å²) in [7, 11) is 0. The van der Waals surface area contributed by atoms with Crippen molar-refractivity contribution in [2.45, 2.75) is 20.8 Å². The van der Waals surface area contributed by atoms with Gasteiger partial charge in [0.1, 0.15) is 0 Å². The van der Waals surface area contributed by atoms with E-state index in [4.69, 9.17) is 11.6 Å². The number of carbonyl (C=O) groups excluding carboxylic acids is 1. The van der Waals surface area contributed by atoms with Gasteiger partial charge < -0.3 is 0 Å². The smallest absolute Gasteiger partial charge is 0.256 e. The minimum atomic E-state index is -0.617. The Morgan fingerprint density at radius 2 is 1.73 bits per heavy atom. The Labute approximate surface area is 94.2 Å². The highest BCUT2D eigenvalue weighted by Gasteiger charge is 2.27. The van der Waals surface area contributed by atoms with Gasteiger partial charge in [-0.1, -0.05) is 32.4 Å². The van der Waals surface area contributed by atoms with Gasteiger partial charge in [0.25, 0.3) is 5.91 Å². The summed E-state index contributed by atoms with van der Waals surface area (Å²) in [5.74, 6) is -0.357. The number of hydroxylamine groups is 1. The van der Waals surface area contributed by atoms with Gasteiger partial charge in [0.15, 0.2) is 0 Å². The molecule has 3 nitrogen and oxygen atoms in total. The molecule has 0 aliphatic carbocycles. The number of amides is 1. The molecule has 15 heavy (non-hydrogen) atoms. The van der Waals surface area contributed by atoms with E-state index >= 15 is 0 Å². The summed E-state index contributed by atoms with van der Waals surface area (Å²) in [5, 5.41) is 10.9. The summed E-state index contributed by atoms with van der Waals surface area (Å²) in [5.41, 5.74) is -0.201. The van der Waals surface area contributed by atoms with Crippen molar-refractivity contribution in [1.29, 1.82) is 0 Å². The molecule has 0 unspecified atom stereocenters. The number of nitrogens with zero attached hydrogens (tertiary/aromatic N) is 1. The minimum Gasteiger partial charge on any atom is -0.281 e. The summed E-state index contributed by atoms with van der Waals surface area (Å²) < 4.78 is 0. The molecule has 0 bridgehead atoms. The van der Waals surface area contributed by atoms with Gasteiger partial charge in [-0.3, -0.25) is 10.0 Å². The standard InChI is InChI=1S/C11H14ClNO2/c1-11(2,3)10(14)13(15)9-6-4-8(12)5-7-9/h4-7,15H,1-3H3. The summed E-state index contributed by atoms with van der Waals surface area (Å²) >= 11 is 5.70. The van der Waals surface area contributed by atoms with Crippen LogP contribution in [0.2, 0.25) is 5.02 Å². The van der Waals surface area contributed by atoms with Crippen LogP contribution in [-0.4, -0.2) is 11.1 Å². The van der Waals surface area contributed by atoms with Gasteiger partial charge in [-0.15, -0.1) is 0 Å². The molecule has 4 heteroatoms. The van der Waals surface area contributed by atoms with E-state index in [1.54, 1.807) is 45.0 Å². The predicted molar refractivity (Wildman–Crippen MR) is 60.2 cm³/mol. The monoisotopic (exact) mass is 227 g/mol. The van der Waals surface area contributed by atoms with Gasteiger partial charge in [0.2, 0.25) is 0 Å². The molecule has 1 N–H and O–H groups in total. The molecule has 0 fully saturated rings. The lowest BCUT2D eigenvalue weighted by atomic mass is 9.95. The normalized spacial score (nSPS) is 11.3. The summed E-state index contributed by atoms with van der Waals surface area (Å²) in [6.07, 6.45) is 0. The van der Waals surface area contributed by atoms with E-state index in [0.717, 1.165) is 0 Å². The predicted octanol–water partition coefficient (Wildman–Crippen LogP) is 3.11. The average Bonchev–Trinajstić information content (AvgIpc) is 2.15. The highest BCUT2D eigenvalue weighted by atomic mass is 35.5. The van der Waals surface area contributed by atoms with E-state index in [2.05, 4.69) is 0 Å². The van der Waals surface area contributed by atoms with Crippen molar-refractivity contribution in [3.8, 4) is 0 Å². The van der Waals surface area contributed by atoms with E-state index < -0.39 is 5.41 Å². The van der Waals surface area contributed by atoms with Crippen LogP contribution in [0.15, 0.2) is 24.3 Å². The van der Waals surface area contributed by atoms with Crippen LogP contribution >= 0.6 is 11.6 Å². The Morgan fingerprint density at radius 3 is 2.13 bits per heavy atom. The largest absolute Gasteiger partial charge is 0.281 e. The lowest BCUT2D eigenvalue weighted by Gasteiger charge is -2.23. The van der Waals surface area contributed by atoms with E-state index in [1.807, 2.05) is 0 Å². The Kier molecular flexibility index (Phi) is 3.37. The van der Waals surface area contributed by atoms with Crippen molar-refractivity contribution in [2.24, 2.45) is 5.41 Å². The third kappa shape index (κ3) is 2.94. The average molecular weight is 228 g/mol. The molecule has 0 aliphatic rings. The zero-order valence-electron chi connectivity index (χ0n) is 8.99. The number of rotatable bonds is 1. The second kappa shape index (κ2) is 4.21. The highest BCUT2D eigenvalue weighted by Crippen LogP contribution is 2.22. The summed E-state index contributed by atoms with van der Waals surface area (Å²) in [6, 6.07) is 6.42. The van der Waals surface area contributed by atoms with Crippen molar-refractivity contribution in [3.05, 3.63) is 29.3 Å². The van der Waals surface area contributed by atoms with Crippen LogP contribution in [-0.2, 0) is 4.79 Å². The molecule has 0 heterocycles. The number of hydrogen-bond donors (Lipinski definition) is 1. The van der Waals surface area contributed by atoms with E-state index in [1.165, 1.54) is 0 Å². The zero-order valence-corrected chi connectivity index (χ0v) is 9.75. The van der Waals surface area contributed by atoms with Crippen LogP contribution in [0.5, 0.6) is 0 Å². The molecule has 1 amide bonds. The molecule has 0 aliphatic heterocycles. The first-order chi connectivity index (χ1) is 6.82. The fourth-order valence-corrected chi connectivity index (χ4v) is 1.14. The number of benzene rings is 1. The highest BCUT2D eigenvalue weighted by molar-refractivity contribution is 6.30. The minimum absolute atomic E-state index is 0.357. The van der Waals surface area contributed by atoms with E-state index in [-0.39, 0.29) is 5.91 Å². The fraction of sp³-hybridized carbons (Fsp3) is 0.364. The second-order valence-electron chi connectivity index (χ2n) is 4.34. The third-order valence-electron chi connectivity index (χ3n) is 1.91. The van der Waals surface area contributed by atoms with Crippen LogP contribution in [0.4, 0.5) is 5.69 Å². The molecule has 0 atom stereocenters. The molecule has 82 valence electrons. The summed E-state index contributed by atoms with van der Waals surface area (Å²) in [4.78, 5) is 11.7. The van der Waals surface area contributed by atoms with Crippen molar-refractivity contribution in [2.75, 3.05) is 5.06 Å². The number of anilines is 1. The van der Waals surface area contributed by atoms with Gasteiger partial charge in [-0.05, 0) is 24.3 Å². The first-order valence-corrected chi connectivity index (χ1v) is 4.99. The molecular formula is C11H14ClNO2. The van der Waals surface area contributed by atoms with Gasteiger partial charge in [0, 0.05) is 10.4 Å². The molecule has 0 saturated heterocycles. The molecule has 0 radical (unpaired) electrons. The third-order valence-corrected chi connectivity index (χ3v) is 2.16. The van der Waals surface area contributed by atoms with Crippen LogP contribution in [0.3, 0.4) is 0 Å². The molecular weight excluding hydrogens is 214 g/mol. The number of halogens is 1. The lowest BCUT2D eigenvalue weighted by molar-refractivity contribution is -0.131. The molecule has 1 aromatic carbocycles. The van der Waals surface area contributed by atoms with Crippen LogP contribution in [0.1, 0.15) is 20.8 Å². The maximum absolute atomic E-state index is 11.7. The van der Waals surface area contributed by atoms with Gasteiger partial charge in [-0.2, -0.15) is 5.06 Å². The Bertz CT molecular complexity index is 354. The zero-order chi connectivity index (χ0) is 11.6. The molecule has 0 spiro atoms. The number of hydrogen-bond acceptors (Lipinski definition) is 2. The van der Waals surface area contributed by atoms with Crippen LogP contribution < -0.4 is 5.06 Å². The van der Waals surface area contributed by atoms with Gasteiger partial charge in [0.05, 0.1) is 5.69 Å². The second-order valence-corrected chi connectivity index (χ2v) is 4.78. The van der Waals surface area contributed by atoms with Gasteiger partial charge >= 0.3 is 0 Å². The fourth-order valence-electron chi connectivity index (χ4n) is 1.02. The quantitative estimate of drug-likeness (QED) is 0.592. The van der Waals surface area contributed by atoms with Crippen LogP contribution in [0.25, 0.3) is 0 Å². The maximum Gasteiger partial charge on any atom is 0.256 e. The first-order valence-electron chi connectivity index (χ1n) is 4.61. The SMILES string of the molecule is CC(C)(C)C(=O)N(O)c1ccc(Cl)cc1. The topological polar surface area (TPSA) is 40.5 Å². The van der Waals surface area contributed by atoms with Gasteiger partial charge in [-0.25, -0.2) is 0 Å². The lowest BCUT2D eigenvalue weighted by Crippen LogP contribution is -2.37. The van der Waals surface area contributed by atoms with E-state index in [0.29, 0.717) is 15.8 Å². The van der Waals surface area contributed by atoms with Crippen molar-refractivity contribution < 1.29 is 10.0 Å². The van der Waals surface area contributed by atoms with Crippen molar-refractivity contribution in [1.82, 2.24) is 0 Å². The van der Waals surface area contributed by atoms with Crippen molar-refractivity contribution in [3.63, 3.8) is 0 Å². The first kappa shape index (κ1) is 12.0. The van der Waals surface area contributed by atoms with Crippen LogP contribution in [0, 0.1) is 5.41 Å². The van der Waals surface area contributed by atoms with Crippen molar-refractivity contribution >= 4 is 23.2 Å². The molecule has 1 aromatic rings. The number of carbonyl (C=O) groups is 1. The summed E-state index contributed by atoms with van der Waals surface area (Å²) in [6.45, 7) is 5.23. The Morgan fingerprint density at radius 1 is 1.27 bits per heavy atom.